The van der Waals surface area contributed by atoms with Gasteiger partial charge in [-0.1, -0.05) is 108 Å². The maximum absolute atomic E-state index is 6.00. The van der Waals surface area contributed by atoms with Crippen LogP contribution in [0.15, 0.2) is 91.0 Å². The van der Waals surface area contributed by atoms with Gasteiger partial charge < -0.3 is 0 Å². The van der Waals surface area contributed by atoms with Crippen molar-refractivity contribution in [3.05, 3.63) is 139 Å². The highest BCUT2D eigenvalue weighted by atomic mass is 35.5. The molecule has 4 rings (SSSR count). The Hall–Kier alpha value is -3.03. The highest BCUT2D eigenvalue weighted by Crippen LogP contribution is 2.20. The minimum absolute atomic E-state index is 0.733. The maximum Gasteiger partial charge on any atom is 0.0406 e. The average molecular weight is 488 g/mol. The van der Waals surface area contributed by atoms with Gasteiger partial charge in [0.15, 0.2) is 0 Å². The molecule has 0 fully saturated rings. The van der Waals surface area contributed by atoms with Gasteiger partial charge in [0.05, 0.1) is 0 Å². The first-order valence-corrected chi connectivity index (χ1v) is 11.6. The first-order chi connectivity index (χ1) is 16.0. The van der Waals surface area contributed by atoms with Gasteiger partial charge in [0.2, 0.25) is 0 Å². The third-order valence-electron chi connectivity index (χ3n) is 5.01. The van der Waals surface area contributed by atoms with Gasteiger partial charge in [-0.05, 0) is 88.0 Å². The van der Waals surface area contributed by atoms with E-state index < -0.39 is 0 Å². The molecule has 0 heterocycles. The van der Waals surface area contributed by atoms with E-state index in [0.29, 0.717) is 0 Å². The lowest BCUT2D eigenvalue weighted by Gasteiger charge is -2.03. The van der Waals surface area contributed by atoms with Crippen molar-refractivity contribution >= 4 is 71.3 Å². The Morgan fingerprint density at radius 2 is 0.515 bits per heavy atom. The van der Waals surface area contributed by atoms with Crippen LogP contribution in [-0.4, -0.2) is 0 Å². The summed E-state index contributed by atoms with van der Waals surface area (Å²) in [7, 11) is 0. The van der Waals surface area contributed by atoms with Crippen molar-refractivity contribution in [2.45, 2.75) is 0 Å². The second-order valence-electron chi connectivity index (χ2n) is 7.59. The minimum Gasteiger partial charge on any atom is -0.0843 e. The first-order valence-electron chi connectivity index (χ1n) is 10.5. The van der Waals surface area contributed by atoms with Crippen molar-refractivity contribution in [2.75, 3.05) is 0 Å². The fraction of sp³-hybridized carbons (Fsp3) is 0. The van der Waals surface area contributed by atoms with Crippen molar-refractivity contribution < 1.29 is 0 Å². The molecule has 0 saturated carbocycles. The van der Waals surface area contributed by atoms with Gasteiger partial charge in [-0.2, -0.15) is 0 Å². The van der Waals surface area contributed by atoms with E-state index in [1.807, 2.05) is 72.8 Å². The fourth-order valence-electron chi connectivity index (χ4n) is 3.29. The second-order valence-corrected chi connectivity index (χ2v) is 8.90. The third kappa shape index (κ3) is 7.23. The normalized spacial score (nSPS) is 11.7. The molecule has 0 bridgehead atoms. The largest absolute Gasteiger partial charge is 0.0843 e. The van der Waals surface area contributed by atoms with E-state index in [1.54, 1.807) is 0 Å². The van der Waals surface area contributed by atoms with Gasteiger partial charge in [0, 0.05) is 15.1 Å². The Balaban J connectivity index is 1.64. The molecule has 0 aliphatic rings. The van der Waals surface area contributed by atoms with Crippen molar-refractivity contribution in [2.24, 2.45) is 0 Å². The molecule has 162 valence electrons. The lowest BCUT2D eigenvalue weighted by molar-refractivity contribution is 1.58. The van der Waals surface area contributed by atoms with Crippen LogP contribution in [0.5, 0.6) is 0 Å². The molecule has 0 aromatic heterocycles. The van der Waals surface area contributed by atoms with Crippen LogP contribution < -0.4 is 0 Å². The number of hydrogen-bond acceptors (Lipinski definition) is 0. The number of rotatable bonds is 6. The second kappa shape index (κ2) is 11.2. The van der Waals surface area contributed by atoms with E-state index in [1.165, 1.54) is 0 Å². The molecule has 0 aliphatic carbocycles. The summed E-state index contributed by atoms with van der Waals surface area (Å²) in [5, 5.41) is 2.20. The van der Waals surface area contributed by atoms with Crippen LogP contribution in [0.3, 0.4) is 0 Å². The maximum atomic E-state index is 6.00. The molecule has 33 heavy (non-hydrogen) atoms. The topological polar surface area (TPSA) is 0 Å². The van der Waals surface area contributed by atoms with E-state index in [4.69, 9.17) is 34.8 Å². The third-order valence-corrected chi connectivity index (χ3v) is 5.77. The molecule has 0 atom stereocenters. The van der Waals surface area contributed by atoms with Gasteiger partial charge in [-0.25, -0.2) is 0 Å². The van der Waals surface area contributed by atoms with Crippen LogP contribution in [-0.2, 0) is 0 Å². The first kappa shape index (κ1) is 23.1. The average Bonchev–Trinajstić information content (AvgIpc) is 2.83. The molecule has 0 nitrogen and oxygen atoms in total. The fourth-order valence-corrected chi connectivity index (χ4v) is 3.67. The molecular weight excluding hydrogens is 467 g/mol. The summed E-state index contributed by atoms with van der Waals surface area (Å²) in [6.45, 7) is 0. The molecule has 0 radical (unpaired) electrons. The van der Waals surface area contributed by atoms with Gasteiger partial charge in [-0.15, -0.1) is 0 Å². The predicted octanol–water partition coefficient (Wildman–Crippen LogP) is 10.2. The zero-order chi connectivity index (χ0) is 23.0. The number of halogens is 3. The molecular formula is C30H21Cl3. The highest BCUT2D eigenvalue weighted by Gasteiger charge is 1.98. The number of hydrogen-bond donors (Lipinski definition) is 0. The Kier molecular flexibility index (Phi) is 7.86. The van der Waals surface area contributed by atoms with Gasteiger partial charge in [0.25, 0.3) is 0 Å². The molecule has 3 heteroatoms. The lowest BCUT2D eigenvalue weighted by atomic mass is 10.0. The summed E-state index contributed by atoms with van der Waals surface area (Å²) in [5.74, 6) is 0. The number of benzene rings is 4. The molecule has 0 spiro atoms. The van der Waals surface area contributed by atoms with Crippen LogP contribution in [0, 0.1) is 0 Å². The van der Waals surface area contributed by atoms with Crippen molar-refractivity contribution in [1.82, 2.24) is 0 Å². The zero-order valence-corrected chi connectivity index (χ0v) is 20.0. The van der Waals surface area contributed by atoms with E-state index >= 15 is 0 Å². The molecule has 0 unspecified atom stereocenters. The summed E-state index contributed by atoms with van der Waals surface area (Å²) < 4.78 is 0. The molecule has 4 aromatic carbocycles. The smallest absolute Gasteiger partial charge is 0.0406 e. The molecule has 0 aliphatic heterocycles. The standard InChI is InChI=1S/C30H21Cl3/c31-28-13-7-22(8-14-28)1-4-25-19-26(5-2-23-9-15-29(32)16-10-23)21-27(20-25)6-3-24-11-17-30(33)18-12-24/h1-21H/b4-1+,5-2+,6-3+. The van der Waals surface area contributed by atoms with Crippen LogP contribution in [0.1, 0.15) is 33.4 Å². The van der Waals surface area contributed by atoms with Gasteiger partial charge in [0.1, 0.15) is 0 Å². The van der Waals surface area contributed by atoms with E-state index in [0.717, 1.165) is 48.4 Å². The SMILES string of the molecule is Clc1ccc(/C=C/c2cc(/C=C/c3ccc(Cl)cc3)cc(/C=C/c3ccc(Cl)cc3)c2)cc1. The summed E-state index contributed by atoms with van der Waals surface area (Å²) in [5.41, 5.74) is 6.62. The Morgan fingerprint density at radius 3 is 0.758 bits per heavy atom. The predicted molar refractivity (Wildman–Crippen MR) is 148 cm³/mol. The highest BCUT2D eigenvalue weighted by molar-refractivity contribution is 6.31. The van der Waals surface area contributed by atoms with Crippen LogP contribution in [0.25, 0.3) is 36.5 Å². The molecule has 0 saturated heterocycles. The Bertz CT molecular complexity index is 1120. The Labute approximate surface area is 210 Å². The van der Waals surface area contributed by atoms with Crippen molar-refractivity contribution in [1.29, 1.82) is 0 Å². The van der Waals surface area contributed by atoms with Crippen molar-refractivity contribution in [3.8, 4) is 0 Å². The Morgan fingerprint density at radius 1 is 0.303 bits per heavy atom. The monoisotopic (exact) mass is 486 g/mol. The molecule has 4 aromatic rings. The van der Waals surface area contributed by atoms with E-state index in [9.17, 15) is 0 Å². The minimum atomic E-state index is 0.733. The summed E-state index contributed by atoms with van der Waals surface area (Å²) in [6, 6.07) is 29.9. The van der Waals surface area contributed by atoms with E-state index in [2.05, 4.69) is 54.7 Å². The summed E-state index contributed by atoms with van der Waals surface area (Å²) in [6.07, 6.45) is 12.6. The summed E-state index contributed by atoms with van der Waals surface area (Å²) in [4.78, 5) is 0. The van der Waals surface area contributed by atoms with Gasteiger partial charge in [-0.3, -0.25) is 0 Å². The lowest BCUT2D eigenvalue weighted by Crippen LogP contribution is -1.82. The molecule has 0 amide bonds. The van der Waals surface area contributed by atoms with Crippen molar-refractivity contribution in [3.63, 3.8) is 0 Å². The van der Waals surface area contributed by atoms with Crippen LogP contribution in [0.4, 0.5) is 0 Å². The van der Waals surface area contributed by atoms with Gasteiger partial charge >= 0.3 is 0 Å². The van der Waals surface area contributed by atoms with Crippen LogP contribution >= 0.6 is 34.8 Å². The quantitative estimate of drug-likeness (QED) is 0.237. The molecule has 0 N–H and O–H groups in total. The van der Waals surface area contributed by atoms with Crippen LogP contribution in [0.2, 0.25) is 15.1 Å². The van der Waals surface area contributed by atoms with E-state index in [-0.39, 0.29) is 0 Å². The summed E-state index contributed by atoms with van der Waals surface area (Å²) >= 11 is 18.0. The zero-order valence-electron chi connectivity index (χ0n) is 17.8.